The van der Waals surface area contributed by atoms with Crippen LogP contribution in [-0.2, 0) is 23.7 Å². The van der Waals surface area contributed by atoms with Crippen LogP contribution in [0.1, 0.15) is 6.92 Å². The SMILES string of the molecule is C=C(C)C(=O)OCCOC1COCCO1. The van der Waals surface area contributed by atoms with Crippen molar-refractivity contribution in [2.75, 3.05) is 33.0 Å². The molecule has 5 heteroatoms. The van der Waals surface area contributed by atoms with Crippen molar-refractivity contribution < 1.29 is 23.7 Å². The normalized spacial score (nSPS) is 21.0. The van der Waals surface area contributed by atoms with Crippen molar-refractivity contribution in [2.24, 2.45) is 0 Å². The van der Waals surface area contributed by atoms with Gasteiger partial charge < -0.3 is 18.9 Å². The van der Waals surface area contributed by atoms with E-state index in [-0.39, 0.29) is 12.9 Å². The smallest absolute Gasteiger partial charge is 0.333 e. The van der Waals surface area contributed by atoms with Crippen molar-refractivity contribution >= 4 is 5.97 Å². The van der Waals surface area contributed by atoms with Gasteiger partial charge in [-0.05, 0) is 6.92 Å². The Kier molecular flexibility index (Phi) is 5.31. The summed E-state index contributed by atoms with van der Waals surface area (Å²) in [6.45, 7) is 7.13. The van der Waals surface area contributed by atoms with Crippen LogP contribution < -0.4 is 0 Å². The average molecular weight is 216 g/mol. The highest BCUT2D eigenvalue weighted by Gasteiger charge is 2.14. The summed E-state index contributed by atoms with van der Waals surface area (Å²) in [5.41, 5.74) is 0.382. The van der Waals surface area contributed by atoms with E-state index < -0.39 is 5.97 Å². The Balaban J connectivity index is 2.01. The molecule has 0 N–H and O–H groups in total. The van der Waals surface area contributed by atoms with E-state index in [9.17, 15) is 4.79 Å². The molecular formula is C10H16O5. The van der Waals surface area contributed by atoms with E-state index in [1.807, 2.05) is 0 Å². The van der Waals surface area contributed by atoms with Gasteiger partial charge in [-0.1, -0.05) is 6.58 Å². The first-order valence-corrected chi connectivity index (χ1v) is 4.83. The first-order chi connectivity index (χ1) is 7.20. The minimum atomic E-state index is -0.403. The lowest BCUT2D eigenvalue weighted by atomic mass is 10.4. The number of hydrogen-bond donors (Lipinski definition) is 0. The molecule has 0 bridgehead atoms. The van der Waals surface area contributed by atoms with Crippen LogP contribution in [0, 0.1) is 0 Å². The predicted octanol–water partition coefficient (Wildman–Crippen LogP) is 0.495. The standard InChI is InChI=1S/C10H16O5/c1-8(2)10(11)15-6-5-14-9-7-12-3-4-13-9/h9H,1,3-7H2,2H3. The lowest BCUT2D eigenvalue weighted by Crippen LogP contribution is -2.32. The van der Waals surface area contributed by atoms with Gasteiger partial charge in [0.1, 0.15) is 6.61 Å². The summed E-state index contributed by atoms with van der Waals surface area (Å²) in [6, 6.07) is 0. The summed E-state index contributed by atoms with van der Waals surface area (Å²) < 4.78 is 20.4. The summed E-state index contributed by atoms with van der Waals surface area (Å²) >= 11 is 0. The second kappa shape index (κ2) is 6.55. The highest BCUT2D eigenvalue weighted by Crippen LogP contribution is 2.02. The fourth-order valence-corrected chi connectivity index (χ4v) is 1.000. The topological polar surface area (TPSA) is 54.0 Å². The number of esters is 1. The molecule has 1 aliphatic heterocycles. The third-order valence-electron chi connectivity index (χ3n) is 1.75. The van der Waals surface area contributed by atoms with E-state index in [2.05, 4.69) is 6.58 Å². The molecule has 1 saturated heterocycles. The summed E-state index contributed by atoms with van der Waals surface area (Å²) in [5, 5.41) is 0. The highest BCUT2D eigenvalue weighted by atomic mass is 16.7. The lowest BCUT2D eigenvalue weighted by Gasteiger charge is -2.22. The molecule has 5 nitrogen and oxygen atoms in total. The minimum absolute atomic E-state index is 0.200. The van der Waals surface area contributed by atoms with E-state index in [1.54, 1.807) is 6.92 Å². The Bertz CT molecular complexity index is 220. The molecule has 1 fully saturated rings. The van der Waals surface area contributed by atoms with Gasteiger partial charge in [0.25, 0.3) is 0 Å². The van der Waals surface area contributed by atoms with Crippen LogP contribution in [0.4, 0.5) is 0 Å². The number of ether oxygens (including phenoxy) is 4. The largest absolute Gasteiger partial charge is 0.460 e. The van der Waals surface area contributed by atoms with E-state index in [4.69, 9.17) is 18.9 Å². The molecular weight excluding hydrogens is 200 g/mol. The molecule has 1 aliphatic rings. The number of carbonyl (C=O) groups excluding carboxylic acids is 1. The van der Waals surface area contributed by atoms with Crippen molar-refractivity contribution in [3.63, 3.8) is 0 Å². The van der Waals surface area contributed by atoms with Crippen LogP contribution in [-0.4, -0.2) is 45.3 Å². The number of hydrogen-bond acceptors (Lipinski definition) is 5. The molecule has 0 aromatic heterocycles. The molecule has 86 valence electrons. The van der Waals surface area contributed by atoms with Crippen LogP contribution in [0.25, 0.3) is 0 Å². The fraction of sp³-hybridized carbons (Fsp3) is 0.700. The third kappa shape index (κ3) is 4.92. The summed E-state index contributed by atoms with van der Waals surface area (Å²) in [7, 11) is 0. The van der Waals surface area contributed by atoms with Crippen LogP contribution >= 0.6 is 0 Å². The molecule has 1 atom stereocenters. The molecule has 0 aliphatic carbocycles. The Hall–Kier alpha value is -0.910. The molecule has 1 rings (SSSR count). The summed E-state index contributed by atoms with van der Waals surface area (Å²) in [4.78, 5) is 11.0. The van der Waals surface area contributed by atoms with Gasteiger partial charge in [0.15, 0.2) is 6.29 Å². The monoisotopic (exact) mass is 216 g/mol. The molecule has 0 aromatic rings. The van der Waals surface area contributed by atoms with Crippen molar-refractivity contribution in [3.8, 4) is 0 Å². The maximum Gasteiger partial charge on any atom is 0.333 e. The average Bonchev–Trinajstić information content (AvgIpc) is 2.25. The molecule has 0 aromatic carbocycles. The van der Waals surface area contributed by atoms with Gasteiger partial charge in [-0.15, -0.1) is 0 Å². The van der Waals surface area contributed by atoms with Gasteiger partial charge in [0.05, 0.1) is 26.4 Å². The van der Waals surface area contributed by atoms with Crippen molar-refractivity contribution in [2.45, 2.75) is 13.2 Å². The zero-order valence-corrected chi connectivity index (χ0v) is 8.86. The highest BCUT2D eigenvalue weighted by molar-refractivity contribution is 5.86. The molecule has 1 heterocycles. The van der Waals surface area contributed by atoms with Crippen molar-refractivity contribution in [1.82, 2.24) is 0 Å². The Morgan fingerprint density at radius 2 is 2.27 bits per heavy atom. The van der Waals surface area contributed by atoms with Crippen molar-refractivity contribution in [1.29, 1.82) is 0 Å². The van der Waals surface area contributed by atoms with Gasteiger partial charge in [0.2, 0.25) is 0 Å². The van der Waals surface area contributed by atoms with Gasteiger partial charge in [-0.3, -0.25) is 0 Å². The van der Waals surface area contributed by atoms with Crippen molar-refractivity contribution in [3.05, 3.63) is 12.2 Å². The maximum atomic E-state index is 11.0. The first-order valence-electron chi connectivity index (χ1n) is 4.83. The molecule has 0 spiro atoms. The summed E-state index contributed by atoms with van der Waals surface area (Å²) in [6.07, 6.45) is -0.345. The van der Waals surface area contributed by atoms with E-state index in [0.29, 0.717) is 32.0 Å². The van der Waals surface area contributed by atoms with E-state index >= 15 is 0 Å². The van der Waals surface area contributed by atoms with Gasteiger partial charge in [-0.25, -0.2) is 4.79 Å². The zero-order chi connectivity index (χ0) is 11.1. The quantitative estimate of drug-likeness (QED) is 0.380. The fourth-order valence-electron chi connectivity index (χ4n) is 1.000. The zero-order valence-electron chi connectivity index (χ0n) is 8.86. The molecule has 0 amide bonds. The maximum absolute atomic E-state index is 11.0. The third-order valence-corrected chi connectivity index (χ3v) is 1.75. The molecule has 0 radical (unpaired) electrons. The minimum Gasteiger partial charge on any atom is -0.460 e. The lowest BCUT2D eigenvalue weighted by molar-refractivity contribution is -0.215. The Labute approximate surface area is 88.9 Å². The Morgan fingerprint density at radius 3 is 2.87 bits per heavy atom. The number of rotatable bonds is 5. The molecule has 0 saturated carbocycles. The molecule has 1 unspecified atom stereocenters. The number of carbonyl (C=O) groups is 1. The van der Waals surface area contributed by atoms with Crippen LogP contribution in [0.5, 0.6) is 0 Å². The van der Waals surface area contributed by atoms with Gasteiger partial charge in [0, 0.05) is 5.57 Å². The Morgan fingerprint density at radius 1 is 1.47 bits per heavy atom. The first kappa shape index (κ1) is 12.2. The second-order valence-electron chi connectivity index (χ2n) is 3.16. The van der Waals surface area contributed by atoms with Crippen LogP contribution in [0.3, 0.4) is 0 Å². The van der Waals surface area contributed by atoms with Crippen LogP contribution in [0.2, 0.25) is 0 Å². The van der Waals surface area contributed by atoms with Crippen LogP contribution in [0.15, 0.2) is 12.2 Å². The molecule has 15 heavy (non-hydrogen) atoms. The van der Waals surface area contributed by atoms with E-state index in [1.165, 1.54) is 0 Å². The van der Waals surface area contributed by atoms with E-state index in [0.717, 1.165) is 0 Å². The predicted molar refractivity (Wildman–Crippen MR) is 52.3 cm³/mol. The van der Waals surface area contributed by atoms with Gasteiger partial charge >= 0.3 is 5.97 Å². The second-order valence-corrected chi connectivity index (χ2v) is 3.16. The summed E-state index contributed by atoms with van der Waals surface area (Å²) in [5.74, 6) is -0.403. The van der Waals surface area contributed by atoms with Gasteiger partial charge in [-0.2, -0.15) is 0 Å².